The van der Waals surface area contributed by atoms with E-state index in [9.17, 15) is 18.0 Å². The van der Waals surface area contributed by atoms with Crippen LogP contribution in [0.25, 0.3) is 11.1 Å². The normalized spacial score (nSPS) is 19.1. The molecule has 0 spiro atoms. The first kappa shape index (κ1) is 18.4. The lowest BCUT2D eigenvalue weighted by Crippen LogP contribution is -2.17. The number of ether oxygens (including phenoxy) is 2. The maximum absolute atomic E-state index is 12.4. The first-order chi connectivity index (χ1) is 12.2. The molecular weight excluding hydrogens is 373 g/mol. The second-order valence-corrected chi connectivity index (χ2v) is 6.44. The molecule has 2 aromatic carbocycles. The van der Waals surface area contributed by atoms with Crippen molar-refractivity contribution < 1.29 is 32.5 Å². The Morgan fingerprint density at radius 1 is 1.12 bits per heavy atom. The van der Waals surface area contributed by atoms with Crippen LogP contribution in [0, 0.1) is 11.8 Å². The molecule has 0 aromatic heterocycles. The average Bonchev–Trinajstić information content (AvgIpc) is 3.31. The van der Waals surface area contributed by atoms with E-state index in [1.165, 1.54) is 12.1 Å². The van der Waals surface area contributed by atoms with Crippen LogP contribution >= 0.6 is 11.6 Å². The average molecular weight is 387 g/mol. The summed E-state index contributed by atoms with van der Waals surface area (Å²) in [5.74, 6) is -0.978. The third kappa shape index (κ3) is 4.82. The van der Waals surface area contributed by atoms with E-state index in [2.05, 4.69) is 4.74 Å². The first-order valence-corrected chi connectivity index (χ1v) is 8.11. The van der Waals surface area contributed by atoms with Crippen molar-refractivity contribution in [2.24, 2.45) is 11.8 Å². The van der Waals surface area contributed by atoms with Gasteiger partial charge >= 0.3 is 12.3 Å². The number of carboxylic acid groups (broad SMARTS) is 1. The molecule has 1 saturated carbocycles. The van der Waals surface area contributed by atoms with Gasteiger partial charge in [-0.15, -0.1) is 13.2 Å². The van der Waals surface area contributed by atoms with Gasteiger partial charge in [-0.1, -0.05) is 23.7 Å². The van der Waals surface area contributed by atoms with Gasteiger partial charge in [-0.3, -0.25) is 4.79 Å². The van der Waals surface area contributed by atoms with Gasteiger partial charge in [0, 0.05) is 10.9 Å². The van der Waals surface area contributed by atoms with E-state index in [1.54, 1.807) is 24.3 Å². The van der Waals surface area contributed by atoms with E-state index in [4.69, 9.17) is 21.4 Å². The molecule has 1 fully saturated rings. The quantitative estimate of drug-likeness (QED) is 0.758. The molecule has 0 radical (unpaired) electrons. The lowest BCUT2D eigenvalue weighted by Gasteiger charge is -2.11. The predicted octanol–water partition coefficient (Wildman–Crippen LogP) is 5.01. The zero-order valence-corrected chi connectivity index (χ0v) is 14.1. The molecule has 0 unspecified atom stereocenters. The molecule has 26 heavy (non-hydrogen) atoms. The van der Waals surface area contributed by atoms with Crippen LogP contribution in [0.15, 0.2) is 42.5 Å². The number of hydrogen-bond acceptors (Lipinski definition) is 3. The van der Waals surface area contributed by atoms with Crippen LogP contribution in [0.4, 0.5) is 13.2 Å². The maximum Gasteiger partial charge on any atom is 0.573 e. The Balaban J connectivity index is 1.67. The Hall–Kier alpha value is -2.41. The number of hydrogen-bond donors (Lipinski definition) is 1. The van der Waals surface area contributed by atoms with Crippen molar-refractivity contribution in [3.05, 3.63) is 47.5 Å². The number of halogens is 4. The van der Waals surface area contributed by atoms with Crippen LogP contribution in [0.1, 0.15) is 6.42 Å². The van der Waals surface area contributed by atoms with Crippen LogP contribution < -0.4 is 9.47 Å². The Morgan fingerprint density at radius 3 is 2.38 bits per heavy atom. The SMILES string of the molecule is O=C(O)[C@@H]1C[C@H]1COc1ccc(-c2cc(Cl)cc(OC(F)(F)F)c2)cc1. The molecule has 3 rings (SSSR count). The van der Waals surface area contributed by atoms with E-state index in [1.807, 2.05) is 0 Å². The number of rotatable bonds is 6. The molecule has 0 amide bonds. The molecule has 2 aromatic rings. The highest BCUT2D eigenvalue weighted by molar-refractivity contribution is 6.31. The molecule has 4 nitrogen and oxygen atoms in total. The van der Waals surface area contributed by atoms with E-state index in [0.29, 0.717) is 29.9 Å². The zero-order chi connectivity index (χ0) is 18.9. The summed E-state index contributed by atoms with van der Waals surface area (Å²) in [6.45, 7) is 0.317. The molecule has 0 bridgehead atoms. The summed E-state index contributed by atoms with van der Waals surface area (Å²) in [7, 11) is 0. The molecule has 0 saturated heterocycles. The highest BCUT2D eigenvalue weighted by Gasteiger charge is 2.43. The van der Waals surface area contributed by atoms with Gasteiger partial charge in [0.15, 0.2) is 0 Å². The van der Waals surface area contributed by atoms with Crippen molar-refractivity contribution in [3.63, 3.8) is 0 Å². The lowest BCUT2D eigenvalue weighted by molar-refractivity contribution is -0.274. The minimum absolute atomic E-state index is 0.0159. The Kier molecular flexibility index (Phi) is 5.00. The van der Waals surface area contributed by atoms with Gasteiger partial charge in [-0.05, 0) is 47.9 Å². The molecule has 2 atom stereocenters. The standard InChI is InChI=1S/C18H14ClF3O4/c19-13-5-11(6-15(8-13)26-18(20,21)22)10-1-3-14(4-2-10)25-9-12-7-16(12)17(23)24/h1-6,8,12,16H,7,9H2,(H,23,24)/t12-,16+/m0/s1. The van der Waals surface area contributed by atoms with Crippen molar-refractivity contribution >= 4 is 17.6 Å². The second kappa shape index (κ2) is 7.07. The first-order valence-electron chi connectivity index (χ1n) is 7.73. The molecular formula is C18H14ClF3O4. The fraction of sp³-hybridized carbons (Fsp3) is 0.278. The molecule has 0 aliphatic heterocycles. The third-order valence-electron chi connectivity index (χ3n) is 4.00. The summed E-state index contributed by atoms with van der Waals surface area (Å²) < 4.78 is 46.6. The summed E-state index contributed by atoms with van der Waals surface area (Å²) in [5, 5.41) is 8.97. The monoisotopic (exact) mass is 386 g/mol. The Bertz CT molecular complexity index is 805. The minimum atomic E-state index is -4.80. The van der Waals surface area contributed by atoms with Gasteiger partial charge in [-0.2, -0.15) is 0 Å². The number of aliphatic carboxylic acids is 1. The van der Waals surface area contributed by atoms with Gasteiger partial charge in [0.2, 0.25) is 0 Å². The van der Waals surface area contributed by atoms with Crippen LogP contribution in [-0.2, 0) is 4.79 Å². The fourth-order valence-corrected chi connectivity index (χ4v) is 2.83. The van der Waals surface area contributed by atoms with Crippen LogP contribution in [0.3, 0.4) is 0 Å². The molecule has 138 valence electrons. The van der Waals surface area contributed by atoms with E-state index >= 15 is 0 Å². The largest absolute Gasteiger partial charge is 0.573 e. The Labute approximate surface area is 152 Å². The summed E-state index contributed by atoms with van der Waals surface area (Å²) in [6.07, 6.45) is -4.19. The van der Waals surface area contributed by atoms with Crippen LogP contribution in [0.5, 0.6) is 11.5 Å². The van der Waals surface area contributed by atoms with Gasteiger partial charge < -0.3 is 14.6 Å². The minimum Gasteiger partial charge on any atom is -0.493 e. The van der Waals surface area contributed by atoms with Gasteiger partial charge in [0.05, 0.1) is 12.5 Å². The zero-order valence-electron chi connectivity index (χ0n) is 13.3. The smallest absolute Gasteiger partial charge is 0.493 e. The number of benzene rings is 2. The van der Waals surface area contributed by atoms with Crippen LogP contribution in [-0.4, -0.2) is 24.0 Å². The topological polar surface area (TPSA) is 55.8 Å². The van der Waals surface area contributed by atoms with E-state index in [-0.39, 0.29) is 16.9 Å². The fourth-order valence-electron chi connectivity index (χ4n) is 2.60. The summed E-state index contributed by atoms with van der Waals surface area (Å²) in [4.78, 5) is 10.8. The van der Waals surface area contributed by atoms with Gasteiger partial charge in [0.1, 0.15) is 11.5 Å². The molecule has 8 heteroatoms. The number of carboxylic acids is 1. The highest BCUT2D eigenvalue weighted by Crippen LogP contribution is 2.39. The molecule has 1 N–H and O–H groups in total. The van der Waals surface area contributed by atoms with Crippen molar-refractivity contribution in [2.75, 3.05) is 6.61 Å². The lowest BCUT2D eigenvalue weighted by atomic mass is 10.1. The summed E-state index contributed by atoms with van der Waals surface area (Å²) >= 11 is 5.87. The number of alkyl halides is 3. The van der Waals surface area contributed by atoms with E-state index < -0.39 is 18.1 Å². The number of carbonyl (C=O) groups is 1. The maximum atomic E-state index is 12.4. The van der Waals surface area contributed by atoms with Crippen molar-refractivity contribution in [1.29, 1.82) is 0 Å². The predicted molar refractivity (Wildman–Crippen MR) is 88.3 cm³/mol. The van der Waals surface area contributed by atoms with E-state index in [0.717, 1.165) is 6.07 Å². The molecule has 1 aliphatic rings. The van der Waals surface area contributed by atoms with Gasteiger partial charge in [0.25, 0.3) is 0 Å². The summed E-state index contributed by atoms with van der Waals surface area (Å²) in [5.41, 5.74) is 1.11. The molecule has 0 heterocycles. The summed E-state index contributed by atoms with van der Waals surface area (Å²) in [6, 6.07) is 10.6. The van der Waals surface area contributed by atoms with Crippen molar-refractivity contribution in [1.82, 2.24) is 0 Å². The second-order valence-electron chi connectivity index (χ2n) is 6.00. The van der Waals surface area contributed by atoms with Crippen molar-refractivity contribution in [2.45, 2.75) is 12.8 Å². The third-order valence-corrected chi connectivity index (χ3v) is 4.21. The van der Waals surface area contributed by atoms with Crippen LogP contribution in [0.2, 0.25) is 5.02 Å². The Morgan fingerprint density at radius 2 is 1.81 bits per heavy atom. The van der Waals surface area contributed by atoms with Crippen molar-refractivity contribution in [3.8, 4) is 22.6 Å². The molecule has 1 aliphatic carbocycles. The highest BCUT2D eigenvalue weighted by atomic mass is 35.5. The van der Waals surface area contributed by atoms with Gasteiger partial charge in [-0.25, -0.2) is 0 Å².